The van der Waals surface area contributed by atoms with Crippen molar-refractivity contribution in [3.05, 3.63) is 56.7 Å². The van der Waals surface area contributed by atoms with Crippen LogP contribution < -0.4 is 15.8 Å². The predicted molar refractivity (Wildman–Crippen MR) is 113 cm³/mol. The van der Waals surface area contributed by atoms with Gasteiger partial charge in [-0.25, -0.2) is 9.37 Å². The van der Waals surface area contributed by atoms with Crippen LogP contribution in [-0.4, -0.2) is 34.6 Å². The van der Waals surface area contributed by atoms with Gasteiger partial charge in [-0.15, -0.1) is 11.3 Å². The smallest absolute Gasteiger partial charge is 0.262 e. The van der Waals surface area contributed by atoms with E-state index in [2.05, 4.69) is 10.3 Å². The second-order valence-corrected chi connectivity index (χ2v) is 8.61. The zero-order chi connectivity index (χ0) is 20.7. The third kappa shape index (κ3) is 3.64. The molecule has 1 atom stereocenters. The largest absolute Gasteiger partial charge is 0.367 e. The van der Waals surface area contributed by atoms with Crippen molar-refractivity contribution in [3.8, 4) is 0 Å². The maximum Gasteiger partial charge on any atom is 0.262 e. The Kier molecular flexibility index (Phi) is 5.12. The molecule has 1 aliphatic rings. The second-order valence-electron chi connectivity index (χ2n) is 7.61. The number of benzene rings is 1. The quantitative estimate of drug-likeness (QED) is 0.715. The fraction of sp³-hybridized carbons (Fsp3) is 0.381. The molecule has 0 saturated carbocycles. The van der Waals surface area contributed by atoms with Crippen molar-refractivity contribution >= 4 is 33.1 Å². The molecule has 3 aromatic rings. The second kappa shape index (κ2) is 7.59. The van der Waals surface area contributed by atoms with Crippen molar-refractivity contribution < 1.29 is 9.18 Å². The number of piperidine rings is 1. The third-order valence-corrected chi connectivity index (χ3v) is 6.61. The molecule has 0 aliphatic carbocycles. The zero-order valence-corrected chi connectivity index (χ0v) is 17.5. The lowest BCUT2D eigenvalue weighted by Gasteiger charge is -2.35. The Balaban J connectivity index is 1.55. The number of carbonyl (C=O) groups is 1. The highest BCUT2D eigenvalue weighted by Gasteiger charge is 2.26. The first-order valence-electron chi connectivity index (χ1n) is 9.62. The van der Waals surface area contributed by atoms with Gasteiger partial charge in [-0.05, 0) is 49.9 Å². The van der Waals surface area contributed by atoms with E-state index in [1.165, 1.54) is 28.3 Å². The minimum Gasteiger partial charge on any atom is -0.367 e. The molecule has 3 heterocycles. The minimum atomic E-state index is -0.246. The van der Waals surface area contributed by atoms with Gasteiger partial charge in [-0.1, -0.05) is 6.07 Å². The fourth-order valence-corrected chi connectivity index (χ4v) is 4.90. The van der Waals surface area contributed by atoms with Gasteiger partial charge in [0.05, 0.1) is 22.3 Å². The van der Waals surface area contributed by atoms with Gasteiger partial charge in [-0.2, -0.15) is 0 Å². The summed E-state index contributed by atoms with van der Waals surface area (Å²) in [5.74, 6) is -0.450. The maximum atomic E-state index is 14.3. The number of nitrogens with zero attached hydrogens (tertiary/aromatic N) is 3. The third-order valence-electron chi connectivity index (χ3n) is 5.42. The molecule has 1 saturated heterocycles. The Morgan fingerprint density at radius 3 is 2.93 bits per heavy atom. The number of aryl methyl sites for hydroxylation is 3. The Labute approximate surface area is 172 Å². The van der Waals surface area contributed by atoms with E-state index >= 15 is 0 Å². The van der Waals surface area contributed by atoms with Crippen molar-refractivity contribution in [2.45, 2.75) is 32.7 Å². The predicted octanol–water partition coefficient (Wildman–Crippen LogP) is 3.15. The standard InChI is InChI=1S/C21H23FN4O2S/c1-12-6-7-15(22)16(9-12)26-8-4-5-14(10-26)24-19(27)18-13(2)17-20(29-18)23-11-25(3)21(17)28/h6-7,9,11,14H,4-5,8,10H2,1-3H3,(H,24,27). The molecular formula is C21H23FN4O2S. The number of thiophene rings is 1. The van der Waals surface area contributed by atoms with Crippen molar-refractivity contribution in [1.82, 2.24) is 14.9 Å². The molecule has 2 aromatic heterocycles. The van der Waals surface area contributed by atoms with Crippen molar-refractivity contribution in [3.63, 3.8) is 0 Å². The molecule has 1 aromatic carbocycles. The molecule has 0 bridgehead atoms. The summed E-state index contributed by atoms with van der Waals surface area (Å²) in [6.45, 7) is 5.03. The number of halogens is 1. The number of rotatable bonds is 3. The lowest BCUT2D eigenvalue weighted by Crippen LogP contribution is -2.48. The van der Waals surface area contributed by atoms with Gasteiger partial charge in [0, 0.05) is 26.2 Å². The van der Waals surface area contributed by atoms with Gasteiger partial charge < -0.3 is 14.8 Å². The van der Waals surface area contributed by atoms with Gasteiger partial charge in [0.15, 0.2) is 0 Å². The van der Waals surface area contributed by atoms with E-state index in [9.17, 15) is 14.0 Å². The summed E-state index contributed by atoms with van der Waals surface area (Å²) in [7, 11) is 1.65. The van der Waals surface area contributed by atoms with E-state index in [1.807, 2.05) is 17.9 Å². The van der Waals surface area contributed by atoms with Gasteiger partial charge >= 0.3 is 0 Å². The first-order chi connectivity index (χ1) is 13.8. The molecule has 152 valence electrons. The van der Waals surface area contributed by atoms with E-state index in [0.717, 1.165) is 24.9 Å². The number of hydrogen-bond acceptors (Lipinski definition) is 5. The number of carbonyl (C=O) groups excluding carboxylic acids is 1. The lowest BCUT2D eigenvalue weighted by atomic mass is 10.0. The highest BCUT2D eigenvalue weighted by molar-refractivity contribution is 7.20. The Morgan fingerprint density at radius 1 is 1.34 bits per heavy atom. The van der Waals surface area contributed by atoms with Gasteiger partial charge in [-0.3, -0.25) is 9.59 Å². The monoisotopic (exact) mass is 414 g/mol. The molecule has 1 aliphatic heterocycles. The Bertz CT molecular complexity index is 1150. The SMILES string of the molecule is Cc1ccc(F)c(N2CCCC(NC(=O)c3sc4ncn(C)c(=O)c4c3C)C2)c1. The molecular weight excluding hydrogens is 391 g/mol. The van der Waals surface area contributed by atoms with Crippen LogP contribution in [0.1, 0.15) is 33.6 Å². The molecule has 0 spiro atoms. The number of aromatic nitrogens is 2. The minimum absolute atomic E-state index is 0.0865. The van der Waals surface area contributed by atoms with Crippen LogP contribution >= 0.6 is 11.3 Å². The molecule has 1 N–H and O–H groups in total. The summed E-state index contributed by atoms with van der Waals surface area (Å²) in [6.07, 6.45) is 3.17. The number of nitrogens with one attached hydrogen (secondary N) is 1. The number of anilines is 1. The van der Waals surface area contributed by atoms with Crippen LogP contribution in [0.2, 0.25) is 0 Å². The summed E-state index contributed by atoms with van der Waals surface area (Å²) >= 11 is 1.23. The number of hydrogen-bond donors (Lipinski definition) is 1. The molecule has 4 rings (SSSR count). The lowest BCUT2D eigenvalue weighted by molar-refractivity contribution is 0.0937. The summed E-state index contributed by atoms with van der Waals surface area (Å²) in [6, 6.07) is 5.00. The Morgan fingerprint density at radius 2 is 2.14 bits per heavy atom. The van der Waals surface area contributed by atoms with E-state index in [0.29, 0.717) is 32.9 Å². The van der Waals surface area contributed by atoms with Crippen LogP contribution in [-0.2, 0) is 7.05 Å². The summed E-state index contributed by atoms with van der Waals surface area (Å²) in [5, 5.41) is 3.57. The molecule has 1 amide bonds. The first-order valence-corrected chi connectivity index (χ1v) is 10.4. The van der Waals surface area contributed by atoms with Crippen LogP contribution in [0.3, 0.4) is 0 Å². The van der Waals surface area contributed by atoms with E-state index in [1.54, 1.807) is 20.0 Å². The first kappa shape index (κ1) is 19.6. The van der Waals surface area contributed by atoms with E-state index in [4.69, 9.17) is 0 Å². The van der Waals surface area contributed by atoms with Crippen molar-refractivity contribution in [2.24, 2.45) is 7.05 Å². The fourth-order valence-electron chi connectivity index (χ4n) is 3.86. The van der Waals surface area contributed by atoms with Crippen molar-refractivity contribution in [2.75, 3.05) is 18.0 Å². The average molecular weight is 415 g/mol. The average Bonchev–Trinajstić information content (AvgIpc) is 3.04. The summed E-state index contributed by atoms with van der Waals surface area (Å²) in [5.41, 5.74) is 2.09. The van der Waals surface area contributed by atoms with Gasteiger partial charge in [0.2, 0.25) is 0 Å². The van der Waals surface area contributed by atoms with Crippen LogP contribution in [0, 0.1) is 19.7 Å². The topological polar surface area (TPSA) is 67.2 Å². The normalized spacial score (nSPS) is 17.0. The molecule has 1 fully saturated rings. The van der Waals surface area contributed by atoms with Crippen LogP contribution in [0.4, 0.5) is 10.1 Å². The molecule has 8 heteroatoms. The zero-order valence-electron chi connectivity index (χ0n) is 16.7. The molecule has 0 radical (unpaired) electrons. The van der Waals surface area contributed by atoms with Crippen LogP contribution in [0.5, 0.6) is 0 Å². The highest BCUT2D eigenvalue weighted by Crippen LogP contribution is 2.28. The van der Waals surface area contributed by atoms with Gasteiger partial charge in [0.1, 0.15) is 10.6 Å². The summed E-state index contributed by atoms with van der Waals surface area (Å²) in [4.78, 5) is 32.7. The summed E-state index contributed by atoms with van der Waals surface area (Å²) < 4.78 is 15.7. The number of amides is 1. The van der Waals surface area contributed by atoms with Crippen molar-refractivity contribution in [1.29, 1.82) is 0 Å². The van der Waals surface area contributed by atoms with E-state index < -0.39 is 0 Å². The van der Waals surface area contributed by atoms with Gasteiger partial charge in [0.25, 0.3) is 11.5 Å². The number of fused-ring (bicyclic) bond motifs is 1. The maximum absolute atomic E-state index is 14.3. The Hall–Kier alpha value is -2.74. The molecule has 29 heavy (non-hydrogen) atoms. The highest BCUT2D eigenvalue weighted by atomic mass is 32.1. The molecule has 1 unspecified atom stereocenters. The van der Waals surface area contributed by atoms with Crippen LogP contribution in [0.25, 0.3) is 10.2 Å². The molecule has 6 nitrogen and oxygen atoms in total. The van der Waals surface area contributed by atoms with Crippen LogP contribution in [0.15, 0.2) is 29.3 Å². The van der Waals surface area contributed by atoms with E-state index in [-0.39, 0.29) is 23.3 Å².